The van der Waals surface area contributed by atoms with Gasteiger partial charge in [0.2, 0.25) is 5.91 Å². The van der Waals surface area contributed by atoms with Crippen LogP contribution in [0.2, 0.25) is 0 Å². The van der Waals surface area contributed by atoms with Gasteiger partial charge >= 0.3 is 5.97 Å². The van der Waals surface area contributed by atoms with Crippen LogP contribution < -0.4 is 5.32 Å². The first-order chi connectivity index (χ1) is 13.0. The number of thioether (sulfide) groups is 1. The van der Waals surface area contributed by atoms with Crippen LogP contribution in [0.5, 0.6) is 0 Å². The molecular formula is C20H17NO5S. The molecule has 0 aliphatic heterocycles. The van der Waals surface area contributed by atoms with E-state index in [2.05, 4.69) is 5.32 Å². The van der Waals surface area contributed by atoms with E-state index in [4.69, 9.17) is 4.74 Å². The van der Waals surface area contributed by atoms with Crippen molar-refractivity contribution in [3.63, 3.8) is 0 Å². The molecule has 2 aromatic carbocycles. The maximum atomic E-state index is 12.9. The molecule has 0 radical (unpaired) electrons. The number of anilines is 1. The summed E-state index contributed by atoms with van der Waals surface area (Å²) in [5.41, 5.74) is 1.46. The van der Waals surface area contributed by atoms with E-state index >= 15 is 0 Å². The molecule has 138 valence electrons. The molecule has 1 aliphatic carbocycles. The average Bonchev–Trinajstić information content (AvgIpc) is 2.66. The summed E-state index contributed by atoms with van der Waals surface area (Å²) in [5, 5.41) is 2.67. The van der Waals surface area contributed by atoms with Gasteiger partial charge in [-0.3, -0.25) is 19.2 Å². The van der Waals surface area contributed by atoms with Gasteiger partial charge in [0.15, 0.2) is 11.6 Å². The van der Waals surface area contributed by atoms with Crippen LogP contribution in [0, 0.1) is 0 Å². The zero-order valence-corrected chi connectivity index (χ0v) is 15.4. The Hall–Kier alpha value is -2.93. The number of carbonyl (C=O) groups excluding carboxylic acids is 4. The molecule has 0 atom stereocenters. The summed E-state index contributed by atoms with van der Waals surface area (Å²) in [6, 6.07) is 11.4. The van der Waals surface area contributed by atoms with Crippen LogP contribution in [0.1, 0.15) is 38.8 Å². The van der Waals surface area contributed by atoms with Crippen LogP contribution in [0.4, 0.5) is 5.69 Å². The second kappa shape index (κ2) is 8.18. The monoisotopic (exact) mass is 383 g/mol. The third kappa shape index (κ3) is 3.93. The minimum atomic E-state index is -0.384. The molecule has 0 aromatic heterocycles. The number of amides is 1. The van der Waals surface area contributed by atoms with Crippen molar-refractivity contribution in [1.82, 2.24) is 0 Å². The predicted octanol–water partition coefficient (Wildman–Crippen LogP) is 2.70. The van der Waals surface area contributed by atoms with Gasteiger partial charge in [0.05, 0.1) is 29.4 Å². The second-order valence-electron chi connectivity index (χ2n) is 5.78. The highest BCUT2D eigenvalue weighted by molar-refractivity contribution is 8.00. The maximum absolute atomic E-state index is 12.9. The summed E-state index contributed by atoms with van der Waals surface area (Å²) < 4.78 is 4.80. The molecule has 1 N–H and O–H groups in total. The number of fused-ring (bicyclic) bond motifs is 2. The van der Waals surface area contributed by atoms with E-state index in [-0.39, 0.29) is 46.1 Å². The third-order valence-corrected chi connectivity index (χ3v) is 4.89. The first-order valence-corrected chi connectivity index (χ1v) is 9.53. The fourth-order valence-corrected chi connectivity index (χ4v) is 3.47. The predicted molar refractivity (Wildman–Crippen MR) is 102 cm³/mol. The van der Waals surface area contributed by atoms with Crippen molar-refractivity contribution >= 4 is 40.9 Å². The lowest BCUT2D eigenvalue weighted by Gasteiger charge is -2.20. The number of hydrogen-bond acceptors (Lipinski definition) is 6. The van der Waals surface area contributed by atoms with E-state index in [0.717, 1.165) is 11.8 Å². The Morgan fingerprint density at radius 1 is 0.926 bits per heavy atom. The highest BCUT2D eigenvalue weighted by Crippen LogP contribution is 2.31. The molecule has 0 spiro atoms. The van der Waals surface area contributed by atoms with Gasteiger partial charge in [0.1, 0.15) is 0 Å². The smallest absolute Gasteiger partial charge is 0.315 e. The number of nitrogens with one attached hydrogen (secondary N) is 1. The fourth-order valence-electron chi connectivity index (χ4n) is 2.87. The third-order valence-electron chi connectivity index (χ3n) is 3.98. The maximum Gasteiger partial charge on any atom is 0.315 e. The van der Waals surface area contributed by atoms with Crippen LogP contribution in [-0.4, -0.2) is 41.6 Å². The van der Waals surface area contributed by atoms with Crippen LogP contribution in [-0.2, 0) is 14.3 Å². The molecule has 2 aromatic rings. The lowest BCUT2D eigenvalue weighted by atomic mass is 9.83. The highest BCUT2D eigenvalue weighted by Gasteiger charge is 2.31. The van der Waals surface area contributed by atoms with Crippen LogP contribution in [0.3, 0.4) is 0 Å². The molecule has 0 bridgehead atoms. The van der Waals surface area contributed by atoms with E-state index in [0.29, 0.717) is 23.4 Å². The summed E-state index contributed by atoms with van der Waals surface area (Å²) in [6.45, 7) is 2.00. The molecular weight excluding hydrogens is 366 g/mol. The summed E-state index contributed by atoms with van der Waals surface area (Å²) in [4.78, 5) is 49.0. The van der Waals surface area contributed by atoms with Gasteiger partial charge in [-0.1, -0.05) is 36.4 Å². The van der Waals surface area contributed by atoms with E-state index in [1.807, 2.05) is 0 Å². The van der Waals surface area contributed by atoms with Gasteiger partial charge in [-0.25, -0.2) is 0 Å². The Bertz CT molecular complexity index is 938. The SMILES string of the molecule is CCOC(=O)CSCC(=O)Nc1cccc2c1C(=O)c1ccccc1C2=O. The lowest BCUT2D eigenvalue weighted by molar-refractivity contribution is -0.139. The molecule has 0 unspecified atom stereocenters. The Morgan fingerprint density at radius 2 is 1.59 bits per heavy atom. The number of benzene rings is 2. The number of carbonyl (C=O) groups is 4. The van der Waals surface area contributed by atoms with E-state index in [1.54, 1.807) is 49.4 Å². The van der Waals surface area contributed by atoms with Gasteiger partial charge in [-0.15, -0.1) is 11.8 Å². The standard InChI is InChI=1S/C20H17NO5S/c1-2-26-17(23)11-27-10-16(22)21-15-9-5-8-14-18(15)20(25)13-7-4-3-6-12(13)19(14)24/h3-9H,2,10-11H2,1H3,(H,21,22). The van der Waals surface area contributed by atoms with Crippen molar-refractivity contribution in [3.8, 4) is 0 Å². The number of hydrogen-bond donors (Lipinski definition) is 1. The summed E-state index contributed by atoms with van der Waals surface area (Å²) in [7, 11) is 0. The number of esters is 1. The average molecular weight is 383 g/mol. The van der Waals surface area contributed by atoms with Crippen molar-refractivity contribution in [2.45, 2.75) is 6.92 Å². The van der Waals surface area contributed by atoms with Gasteiger partial charge in [0.25, 0.3) is 0 Å². The zero-order valence-electron chi connectivity index (χ0n) is 14.6. The van der Waals surface area contributed by atoms with Gasteiger partial charge < -0.3 is 10.1 Å². The van der Waals surface area contributed by atoms with Crippen molar-refractivity contribution in [2.24, 2.45) is 0 Å². The Balaban J connectivity index is 1.77. The topological polar surface area (TPSA) is 89.5 Å². The van der Waals surface area contributed by atoms with Gasteiger partial charge in [0, 0.05) is 16.7 Å². The zero-order chi connectivity index (χ0) is 19.4. The molecule has 1 amide bonds. The molecule has 7 heteroatoms. The summed E-state index contributed by atoms with van der Waals surface area (Å²) >= 11 is 1.12. The number of rotatable bonds is 6. The Morgan fingerprint density at radius 3 is 2.30 bits per heavy atom. The van der Waals surface area contributed by atoms with Gasteiger partial charge in [-0.05, 0) is 13.0 Å². The van der Waals surface area contributed by atoms with E-state index < -0.39 is 0 Å². The number of ketones is 2. The quantitative estimate of drug-likeness (QED) is 0.659. The van der Waals surface area contributed by atoms with Crippen molar-refractivity contribution < 1.29 is 23.9 Å². The molecule has 0 saturated carbocycles. The Labute approximate surface area is 160 Å². The molecule has 1 aliphatic rings. The molecule has 0 saturated heterocycles. The lowest BCUT2D eigenvalue weighted by Crippen LogP contribution is -2.24. The van der Waals surface area contributed by atoms with Crippen molar-refractivity contribution in [3.05, 3.63) is 64.7 Å². The fraction of sp³-hybridized carbons (Fsp3) is 0.200. The molecule has 3 rings (SSSR count). The Kier molecular flexibility index (Phi) is 5.71. The van der Waals surface area contributed by atoms with Gasteiger partial charge in [-0.2, -0.15) is 0 Å². The number of ether oxygens (including phenoxy) is 1. The van der Waals surface area contributed by atoms with Crippen molar-refractivity contribution in [2.75, 3.05) is 23.4 Å². The van der Waals surface area contributed by atoms with Crippen LogP contribution in [0.25, 0.3) is 0 Å². The normalized spacial score (nSPS) is 12.2. The minimum Gasteiger partial charge on any atom is -0.465 e. The molecule has 0 fully saturated rings. The largest absolute Gasteiger partial charge is 0.465 e. The first kappa shape index (κ1) is 18.8. The molecule has 27 heavy (non-hydrogen) atoms. The van der Waals surface area contributed by atoms with Crippen molar-refractivity contribution in [1.29, 1.82) is 0 Å². The second-order valence-corrected chi connectivity index (χ2v) is 6.76. The van der Waals surface area contributed by atoms with E-state index in [9.17, 15) is 19.2 Å². The molecule has 6 nitrogen and oxygen atoms in total. The summed E-state index contributed by atoms with van der Waals surface area (Å²) in [5.74, 6) is -1.19. The molecule has 0 heterocycles. The van der Waals surface area contributed by atoms with Crippen LogP contribution in [0.15, 0.2) is 42.5 Å². The summed E-state index contributed by atoms with van der Waals surface area (Å²) in [6.07, 6.45) is 0. The minimum absolute atomic E-state index is 0.0290. The van der Waals surface area contributed by atoms with Crippen LogP contribution >= 0.6 is 11.8 Å². The van der Waals surface area contributed by atoms with E-state index in [1.165, 1.54) is 0 Å². The highest BCUT2D eigenvalue weighted by atomic mass is 32.2. The first-order valence-electron chi connectivity index (χ1n) is 8.37.